The largest absolute Gasteiger partial charge is 0.247 e. The van der Waals surface area contributed by atoms with Crippen LogP contribution in [0.1, 0.15) is 44.5 Å². The maximum Gasteiger partial charge on any atom is 0.164 e. The van der Waals surface area contributed by atoms with Crippen LogP contribution in [-0.2, 0) is 10.8 Å². The number of benzene rings is 18. The lowest BCUT2D eigenvalue weighted by molar-refractivity contribution is 0.723. The molecule has 6 heterocycles. The molecule has 0 saturated carbocycles. The van der Waals surface area contributed by atoms with Crippen molar-refractivity contribution in [3.05, 3.63) is 481 Å². The third kappa shape index (κ3) is 12.2. The van der Waals surface area contributed by atoms with Crippen molar-refractivity contribution in [1.29, 1.82) is 0 Å². The van der Waals surface area contributed by atoms with E-state index in [0.29, 0.717) is 34.9 Å². The summed E-state index contributed by atoms with van der Waals surface area (Å²) in [6.45, 7) is 0. The lowest BCUT2D eigenvalue weighted by Crippen LogP contribution is -2.31. The molecule has 26 rings (SSSR count). The van der Waals surface area contributed by atoms with Crippen molar-refractivity contribution in [1.82, 2.24) is 39.9 Å². The first-order valence-electron chi connectivity index (χ1n) is 43.3. The van der Waals surface area contributed by atoms with Crippen LogP contribution in [0.5, 0.6) is 0 Å². The van der Waals surface area contributed by atoms with Gasteiger partial charge in [-0.3, -0.25) is 0 Å². The van der Waals surface area contributed by atoms with Gasteiger partial charge in [-0.05, 0) is 191 Å². The Kier molecular flexibility index (Phi) is 17.8. The summed E-state index contributed by atoms with van der Waals surface area (Å²) in [5.74, 6) is 3.70. The predicted octanol–water partition coefficient (Wildman–Crippen LogP) is 29.5. The van der Waals surface area contributed by atoms with Crippen LogP contribution in [0.3, 0.4) is 0 Å². The molecule has 18 aromatic carbocycles. The highest BCUT2D eigenvalue weighted by atomic mass is 32.2. The molecule has 2 aliphatic carbocycles. The molecule has 0 unspecified atom stereocenters. The monoisotopic (exact) mass is 1660 g/mol. The molecule has 0 bridgehead atoms. The maximum absolute atomic E-state index is 5.48. The molecule has 8 nitrogen and oxygen atoms in total. The smallest absolute Gasteiger partial charge is 0.164 e. The van der Waals surface area contributed by atoms with Crippen LogP contribution in [0.2, 0.25) is 0 Å². The van der Waals surface area contributed by atoms with E-state index in [9.17, 15) is 0 Å². The van der Waals surface area contributed by atoms with E-state index in [0.717, 1.165) is 116 Å². The Hall–Kier alpha value is -16.0. The Morgan fingerprint density at radius 2 is 0.414 bits per heavy atom. The molecule has 22 aromatic rings. The highest BCUT2D eigenvalue weighted by molar-refractivity contribution is 7.99. The van der Waals surface area contributed by atoms with Crippen LogP contribution in [0.25, 0.3) is 179 Å². The minimum Gasteiger partial charge on any atom is -0.247 e. The van der Waals surface area contributed by atoms with Crippen molar-refractivity contribution in [2.75, 3.05) is 0 Å². The first-order valence-corrected chi connectivity index (χ1v) is 44.9. The standard InChI is InChI=1S/2C59H36N4S/c1-4-17-37(18-5-1)40-23-16-24-41(33-40)57-61-56(39-21-8-3-9-22-39)62-58(63-57)42-31-32-52-46(34-42)44-36-51-45(35-47(44)55(60-52)38-19-6-2-7-20-38)43-25-10-11-26-48(43)59(51)49-27-12-14-29-53(49)64-54-30-15-13-28-50(54)59;1-4-16-37(17-5-1)38-28-30-41(31-29-38)57-61-56(40-20-8-3-9-21-40)62-58(63-57)42-32-33-52-46(34-42)44-36-51-45(35-47(44)55(60-52)39-18-6-2-7-19-39)43-22-10-11-23-48(43)59(51)49-24-12-14-26-53(49)64-54-27-15-13-25-50(54)59/h2*1-36H. The van der Waals surface area contributed by atoms with Crippen molar-refractivity contribution >= 4 is 66.9 Å². The third-order valence-electron chi connectivity index (χ3n) is 25.9. The minimum atomic E-state index is -0.513. The van der Waals surface area contributed by atoms with Gasteiger partial charge in [0.25, 0.3) is 0 Å². The summed E-state index contributed by atoms with van der Waals surface area (Å²) in [5, 5.41) is 6.57. The van der Waals surface area contributed by atoms with Crippen molar-refractivity contribution < 1.29 is 0 Å². The Balaban J connectivity index is 0.000000139. The molecule has 0 amide bonds. The molecule has 0 saturated heterocycles. The minimum absolute atomic E-state index is 0.511. The van der Waals surface area contributed by atoms with E-state index >= 15 is 0 Å². The zero-order valence-electron chi connectivity index (χ0n) is 69.0. The number of hydrogen-bond acceptors (Lipinski definition) is 10. The predicted molar refractivity (Wildman–Crippen MR) is 522 cm³/mol. The number of fused-ring (bicyclic) bond motifs is 24. The summed E-state index contributed by atoms with van der Waals surface area (Å²) in [7, 11) is 0. The van der Waals surface area contributed by atoms with Crippen LogP contribution < -0.4 is 0 Å². The molecule has 0 fully saturated rings. The third-order valence-corrected chi connectivity index (χ3v) is 28.2. The van der Waals surface area contributed by atoms with Crippen molar-refractivity contribution in [2.45, 2.75) is 30.4 Å². The Morgan fingerprint density at radius 1 is 0.148 bits per heavy atom. The number of nitrogens with zero attached hydrogens (tertiary/aromatic N) is 8. The number of rotatable bonds is 10. The second-order valence-electron chi connectivity index (χ2n) is 33.0. The fourth-order valence-corrected chi connectivity index (χ4v) is 22.6. The first kappa shape index (κ1) is 74.6. The van der Waals surface area contributed by atoms with Gasteiger partial charge in [0.1, 0.15) is 0 Å². The van der Waals surface area contributed by atoms with E-state index in [-0.39, 0.29) is 0 Å². The van der Waals surface area contributed by atoms with E-state index in [1.165, 1.54) is 91.9 Å². The van der Waals surface area contributed by atoms with Gasteiger partial charge in [0, 0.05) is 85.6 Å². The van der Waals surface area contributed by atoms with Crippen LogP contribution in [0.4, 0.5) is 0 Å². The van der Waals surface area contributed by atoms with Gasteiger partial charge in [0.2, 0.25) is 0 Å². The maximum atomic E-state index is 5.48. The van der Waals surface area contributed by atoms with E-state index in [1.807, 2.05) is 72.1 Å². The number of pyridine rings is 2. The topological polar surface area (TPSA) is 103 Å². The normalized spacial score (nSPS) is 13.1. The highest BCUT2D eigenvalue weighted by Crippen LogP contribution is 2.65. The number of hydrogen-bond donors (Lipinski definition) is 0. The first-order chi connectivity index (χ1) is 63.4. The summed E-state index contributed by atoms with van der Waals surface area (Å²) in [4.78, 5) is 47.1. The zero-order chi connectivity index (χ0) is 84.4. The average molecular weight is 1670 g/mol. The highest BCUT2D eigenvalue weighted by Gasteiger charge is 2.52. The van der Waals surface area contributed by atoms with Crippen LogP contribution in [0.15, 0.2) is 456 Å². The molecular formula is C118H72N8S2. The molecule has 2 aliphatic heterocycles. The summed E-state index contributed by atoms with van der Waals surface area (Å²) in [6, 6.07) is 156. The van der Waals surface area contributed by atoms with Crippen LogP contribution in [0, 0.1) is 0 Å². The van der Waals surface area contributed by atoms with Gasteiger partial charge >= 0.3 is 0 Å². The summed E-state index contributed by atoms with van der Waals surface area (Å²) in [6.07, 6.45) is 0. The van der Waals surface area contributed by atoms with Crippen molar-refractivity contribution in [3.63, 3.8) is 0 Å². The van der Waals surface area contributed by atoms with Gasteiger partial charge in [-0.15, -0.1) is 0 Å². The number of aromatic nitrogens is 8. The van der Waals surface area contributed by atoms with E-state index in [1.54, 1.807) is 0 Å². The molecule has 4 aromatic heterocycles. The van der Waals surface area contributed by atoms with Crippen LogP contribution in [-0.4, -0.2) is 39.9 Å². The fraction of sp³-hybridized carbons (Fsp3) is 0.0169. The Bertz CT molecular complexity index is 8150. The lowest BCUT2D eigenvalue weighted by Gasteiger charge is -2.39. The zero-order valence-corrected chi connectivity index (χ0v) is 70.6. The molecule has 128 heavy (non-hydrogen) atoms. The summed E-state index contributed by atoms with van der Waals surface area (Å²) >= 11 is 3.74. The Labute approximate surface area is 748 Å². The molecule has 0 atom stereocenters. The Morgan fingerprint density at radius 3 is 0.797 bits per heavy atom. The van der Waals surface area contributed by atoms with Crippen molar-refractivity contribution in [3.8, 4) is 135 Å². The van der Waals surface area contributed by atoms with E-state index in [2.05, 4.69) is 388 Å². The average Bonchev–Trinajstić information content (AvgIpc) is 1.51. The molecule has 0 N–H and O–H groups in total. The van der Waals surface area contributed by atoms with Gasteiger partial charge < -0.3 is 0 Å². The van der Waals surface area contributed by atoms with Gasteiger partial charge in [0.05, 0.1) is 33.3 Å². The quantitative estimate of drug-likeness (QED) is 0.123. The fourth-order valence-electron chi connectivity index (χ4n) is 20.2. The molecule has 10 heteroatoms. The molecule has 0 radical (unpaired) electrons. The summed E-state index contributed by atoms with van der Waals surface area (Å²) in [5.41, 5.74) is 30.4. The van der Waals surface area contributed by atoms with Gasteiger partial charge in [0.15, 0.2) is 34.9 Å². The SMILES string of the molecule is c1ccc(-c2ccc(-c3nc(-c4ccccc4)nc(-c4ccc5nc(-c6ccccc6)c6cc7c(cc6c5c4)C4(c5ccccc5Sc5ccccc54)c4ccccc4-7)n3)cc2)cc1.c1ccc(-c2cccc(-c3nc(-c4ccccc4)nc(-c4ccc5nc(-c6ccccc6)c6cc7c(cc6c5c4)C4(c5ccccc5Sc5ccccc54)c4ccccc4-7)n3)c2)cc1. The van der Waals surface area contributed by atoms with Gasteiger partial charge in [-0.25, -0.2) is 39.9 Å². The second kappa shape index (κ2) is 30.5. The van der Waals surface area contributed by atoms with Crippen LogP contribution >= 0.6 is 23.5 Å². The van der Waals surface area contributed by atoms with Gasteiger partial charge in [-0.2, -0.15) is 0 Å². The molecule has 596 valence electrons. The van der Waals surface area contributed by atoms with Gasteiger partial charge in [-0.1, -0.05) is 369 Å². The van der Waals surface area contributed by atoms with E-state index in [4.69, 9.17) is 39.9 Å². The molecule has 4 aliphatic rings. The lowest BCUT2D eigenvalue weighted by atomic mass is 9.67. The van der Waals surface area contributed by atoms with Crippen molar-refractivity contribution in [2.24, 2.45) is 0 Å². The second-order valence-corrected chi connectivity index (χ2v) is 35.2. The molecule has 2 spiro atoms. The molecular weight excluding hydrogens is 1590 g/mol. The van der Waals surface area contributed by atoms with E-state index < -0.39 is 10.8 Å². The summed E-state index contributed by atoms with van der Waals surface area (Å²) < 4.78 is 0.